The number of ether oxygens (including phenoxy) is 1. The molecule has 2 unspecified atom stereocenters. The quantitative estimate of drug-likeness (QED) is 0.915. The molecule has 1 aromatic heterocycles. The van der Waals surface area contributed by atoms with Gasteiger partial charge < -0.3 is 10.1 Å². The van der Waals surface area contributed by atoms with Crippen LogP contribution in [0.3, 0.4) is 0 Å². The molecule has 0 aliphatic carbocycles. The molecule has 0 radical (unpaired) electrons. The lowest BCUT2D eigenvalue weighted by molar-refractivity contribution is 0.106. The van der Waals surface area contributed by atoms with Crippen molar-refractivity contribution in [1.82, 2.24) is 14.8 Å². The van der Waals surface area contributed by atoms with Crippen LogP contribution in [0, 0.1) is 0 Å². The average molecular weight is 281 g/mol. The van der Waals surface area contributed by atoms with Crippen LogP contribution in [0.2, 0.25) is 5.02 Å². The average Bonchev–Trinajstić information content (AvgIpc) is 2.91. The third-order valence-electron chi connectivity index (χ3n) is 3.08. The summed E-state index contributed by atoms with van der Waals surface area (Å²) in [5.74, 6) is 0. The number of halogens is 1. The maximum absolute atomic E-state index is 6.06. The maximum atomic E-state index is 6.06. The Morgan fingerprint density at radius 1 is 1.37 bits per heavy atom. The Kier molecular flexibility index (Phi) is 4.39. The standard InChI is InChI=1S/C13H17ClN4O/c1-9(10(2)19-3)17-12-6-11(14)4-5-13(12)18-8-15-7-16-18/h4-10,17H,1-3H3. The zero-order valence-electron chi connectivity index (χ0n) is 11.2. The van der Waals surface area contributed by atoms with Gasteiger partial charge in [-0.25, -0.2) is 9.67 Å². The molecule has 1 aromatic carbocycles. The lowest BCUT2D eigenvalue weighted by Gasteiger charge is -2.22. The van der Waals surface area contributed by atoms with E-state index in [0.29, 0.717) is 5.02 Å². The zero-order chi connectivity index (χ0) is 13.8. The topological polar surface area (TPSA) is 52.0 Å². The molecule has 2 aromatic rings. The SMILES string of the molecule is COC(C)C(C)Nc1cc(Cl)ccc1-n1cncn1. The van der Waals surface area contributed by atoms with E-state index in [1.165, 1.54) is 6.33 Å². The van der Waals surface area contributed by atoms with Crippen molar-refractivity contribution in [2.45, 2.75) is 26.0 Å². The summed E-state index contributed by atoms with van der Waals surface area (Å²) < 4.78 is 7.01. The Balaban J connectivity index is 2.30. The van der Waals surface area contributed by atoms with Gasteiger partial charge in [0, 0.05) is 18.2 Å². The monoisotopic (exact) mass is 280 g/mol. The van der Waals surface area contributed by atoms with E-state index in [-0.39, 0.29) is 12.1 Å². The van der Waals surface area contributed by atoms with Crippen LogP contribution in [0.4, 0.5) is 5.69 Å². The van der Waals surface area contributed by atoms with Crippen molar-refractivity contribution in [3.05, 3.63) is 35.9 Å². The summed E-state index contributed by atoms with van der Waals surface area (Å²) in [5.41, 5.74) is 1.80. The van der Waals surface area contributed by atoms with Crippen molar-refractivity contribution in [3.8, 4) is 5.69 Å². The molecule has 0 spiro atoms. The number of nitrogens with one attached hydrogen (secondary N) is 1. The minimum Gasteiger partial charge on any atom is -0.380 e. The van der Waals surface area contributed by atoms with Crippen molar-refractivity contribution >= 4 is 17.3 Å². The number of rotatable bonds is 5. The van der Waals surface area contributed by atoms with E-state index in [4.69, 9.17) is 16.3 Å². The third kappa shape index (κ3) is 3.24. The van der Waals surface area contributed by atoms with Crippen LogP contribution in [0.25, 0.3) is 5.69 Å². The molecule has 5 nitrogen and oxygen atoms in total. The molecule has 0 aliphatic heterocycles. The molecule has 0 bridgehead atoms. The smallest absolute Gasteiger partial charge is 0.138 e. The summed E-state index contributed by atoms with van der Waals surface area (Å²) in [6.07, 6.45) is 3.24. The largest absolute Gasteiger partial charge is 0.380 e. The van der Waals surface area contributed by atoms with Crippen LogP contribution in [0.1, 0.15) is 13.8 Å². The second-order valence-corrected chi connectivity index (χ2v) is 4.81. The number of hydrogen-bond acceptors (Lipinski definition) is 4. The van der Waals surface area contributed by atoms with E-state index < -0.39 is 0 Å². The molecule has 19 heavy (non-hydrogen) atoms. The summed E-state index contributed by atoms with van der Waals surface area (Å²) in [5, 5.41) is 8.20. The highest BCUT2D eigenvalue weighted by Gasteiger charge is 2.14. The molecule has 2 rings (SSSR count). The molecule has 0 aliphatic rings. The van der Waals surface area contributed by atoms with Crippen LogP contribution in [-0.4, -0.2) is 34.0 Å². The highest BCUT2D eigenvalue weighted by molar-refractivity contribution is 6.31. The van der Waals surface area contributed by atoms with Crippen LogP contribution < -0.4 is 5.32 Å². The van der Waals surface area contributed by atoms with Crippen molar-refractivity contribution in [3.63, 3.8) is 0 Å². The Labute approximate surface area is 117 Å². The fourth-order valence-corrected chi connectivity index (χ4v) is 1.90. The first-order valence-corrected chi connectivity index (χ1v) is 6.43. The van der Waals surface area contributed by atoms with Gasteiger partial charge in [-0.05, 0) is 32.0 Å². The van der Waals surface area contributed by atoms with Crippen LogP contribution in [0.15, 0.2) is 30.9 Å². The first-order valence-electron chi connectivity index (χ1n) is 6.05. The number of benzene rings is 1. The summed E-state index contributed by atoms with van der Waals surface area (Å²) >= 11 is 6.06. The number of anilines is 1. The summed E-state index contributed by atoms with van der Waals surface area (Å²) in [7, 11) is 1.69. The number of methoxy groups -OCH3 is 1. The van der Waals surface area contributed by atoms with Crippen LogP contribution in [0.5, 0.6) is 0 Å². The number of aromatic nitrogens is 3. The molecular weight excluding hydrogens is 264 g/mol. The Morgan fingerprint density at radius 2 is 2.16 bits per heavy atom. The first-order chi connectivity index (χ1) is 9.11. The number of hydrogen-bond donors (Lipinski definition) is 1. The van der Waals surface area contributed by atoms with E-state index in [1.54, 1.807) is 18.1 Å². The van der Waals surface area contributed by atoms with Gasteiger partial charge in [0.15, 0.2) is 0 Å². The van der Waals surface area contributed by atoms with E-state index in [9.17, 15) is 0 Å². The van der Waals surface area contributed by atoms with Crippen LogP contribution >= 0.6 is 11.6 Å². The molecule has 6 heteroatoms. The predicted octanol–water partition coefficient (Wildman–Crippen LogP) is 2.76. The van der Waals surface area contributed by atoms with Gasteiger partial charge in [-0.2, -0.15) is 5.10 Å². The van der Waals surface area contributed by atoms with Gasteiger partial charge >= 0.3 is 0 Å². The van der Waals surface area contributed by atoms with Gasteiger partial charge in [0.2, 0.25) is 0 Å². The van der Waals surface area contributed by atoms with E-state index >= 15 is 0 Å². The van der Waals surface area contributed by atoms with Gasteiger partial charge in [0.25, 0.3) is 0 Å². The Hall–Kier alpha value is -1.59. The highest BCUT2D eigenvalue weighted by atomic mass is 35.5. The van der Waals surface area contributed by atoms with Crippen molar-refractivity contribution in [1.29, 1.82) is 0 Å². The fourth-order valence-electron chi connectivity index (χ4n) is 1.72. The molecule has 1 heterocycles. The van der Waals surface area contributed by atoms with Gasteiger partial charge in [0.1, 0.15) is 12.7 Å². The Morgan fingerprint density at radius 3 is 2.79 bits per heavy atom. The van der Waals surface area contributed by atoms with Crippen molar-refractivity contribution in [2.75, 3.05) is 12.4 Å². The lowest BCUT2D eigenvalue weighted by atomic mass is 10.2. The summed E-state index contributed by atoms with van der Waals surface area (Å²) in [6.45, 7) is 4.07. The summed E-state index contributed by atoms with van der Waals surface area (Å²) in [6, 6.07) is 5.75. The molecule has 0 saturated heterocycles. The third-order valence-corrected chi connectivity index (χ3v) is 3.32. The molecule has 0 saturated carbocycles. The van der Waals surface area contributed by atoms with Gasteiger partial charge in [0.05, 0.1) is 17.5 Å². The molecule has 102 valence electrons. The van der Waals surface area contributed by atoms with Gasteiger partial charge in [-0.1, -0.05) is 11.6 Å². The molecule has 2 atom stereocenters. The fraction of sp³-hybridized carbons (Fsp3) is 0.385. The molecule has 0 fully saturated rings. The predicted molar refractivity (Wildman–Crippen MR) is 75.9 cm³/mol. The maximum Gasteiger partial charge on any atom is 0.138 e. The van der Waals surface area contributed by atoms with Gasteiger partial charge in [-0.15, -0.1) is 0 Å². The van der Waals surface area contributed by atoms with E-state index in [1.807, 2.05) is 25.1 Å². The molecular formula is C13H17ClN4O. The zero-order valence-corrected chi connectivity index (χ0v) is 11.9. The lowest BCUT2D eigenvalue weighted by Crippen LogP contribution is -2.30. The van der Waals surface area contributed by atoms with E-state index in [2.05, 4.69) is 22.3 Å². The second kappa shape index (κ2) is 6.04. The minimum atomic E-state index is 0.0857. The van der Waals surface area contributed by atoms with Gasteiger partial charge in [-0.3, -0.25) is 0 Å². The van der Waals surface area contributed by atoms with Crippen molar-refractivity contribution < 1.29 is 4.74 Å². The minimum absolute atomic E-state index is 0.0857. The molecule has 1 N–H and O–H groups in total. The Bertz CT molecular complexity index is 529. The van der Waals surface area contributed by atoms with Crippen molar-refractivity contribution in [2.24, 2.45) is 0 Å². The second-order valence-electron chi connectivity index (χ2n) is 4.38. The molecule has 0 amide bonds. The van der Waals surface area contributed by atoms with E-state index in [0.717, 1.165) is 11.4 Å². The summed E-state index contributed by atoms with van der Waals surface area (Å²) in [4.78, 5) is 3.96. The normalized spacial score (nSPS) is 14.1. The highest BCUT2D eigenvalue weighted by Crippen LogP contribution is 2.25. The van der Waals surface area contributed by atoms with Crippen LogP contribution in [-0.2, 0) is 4.74 Å². The number of nitrogens with zero attached hydrogens (tertiary/aromatic N) is 3. The first kappa shape index (κ1) is 13.8.